The largest absolute Gasteiger partial charge is 0.497 e. The number of ether oxygens (including phenoxy) is 1. The fourth-order valence-corrected chi connectivity index (χ4v) is 3.28. The fourth-order valence-electron chi connectivity index (χ4n) is 3.28. The highest BCUT2D eigenvalue weighted by atomic mass is 16.5. The second kappa shape index (κ2) is 8.82. The third-order valence-electron chi connectivity index (χ3n) is 4.75. The van der Waals surface area contributed by atoms with Gasteiger partial charge in [-0.2, -0.15) is 5.26 Å². The molecule has 3 aromatic carbocycles. The Morgan fingerprint density at radius 2 is 1.48 bits per heavy atom. The van der Waals surface area contributed by atoms with Crippen molar-refractivity contribution in [2.24, 2.45) is 0 Å². The first kappa shape index (κ1) is 18.4. The van der Waals surface area contributed by atoms with Gasteiger partial charge in [0.05, 0.1) is 19.1 Å². The third-order valence-corrected chi connectivity index (χ3v) is 4.75. The van der Waals surface area contributed by atoms with Gasteiger partial charge in [-0.05, 0) is 23.3 Å². The van der Waals surface area contributed by atoms with E-state index in [0.717, 1.165) is 16.9 Å². The van der Waals surface area contributed by atoms with Crippen LogP contribution < -0.4 is 4.74 Å². The van der Waals surface area contributed by atoms with Gasteiger partial charge < -0.3 is 4.74 Å². The van der Waals surface area contributed by atoms with Crippen LogP contribution in [0.3, 0.4) is 0 Å². The van der Waals surface area contributed by atoms with Crippen LogP contribution in [-0.4, -0.2) is 12.9 Å². The molecule has 0 heterocycles. The van der Waals surface area contributed by atoms with Crippen molar-refractivity contribution in [3.63, 3.8) is 0 Å². The van der Waals surface area contributed by atoms with Crippen molar-refractivity contribution in [1.29, 1.82) is 5.26 Å². The van der Waals surface area contributed by atoms with Crippen molar-refractivity contribution < 1.29 is 9.53 Å². The molecule has 0 bridgehead atoms. The second-order valence-electron chi connectivity index (χ2n) is 6.39. The minimum Gasteiger partial charge on any atom is -0.497 e. The first-order chi connectivity index (χ1) is 13.2. The molecule has 3 nitrogen and oxygen atoms in total. The Morgan fingerprint density at radius 1 is 0.889 bits per heavy atom. The van der Waals surface area contributed by atoms with Crippen molar-refractivity contribution in [2.45, 2.75) is 18.3 Å². The summed E-state index contributed by atoms with van der Waals surface area (Å²) in [5.41, 5.74) is 2.54. The summed E-state index contributed by atoms with van der Waals surface area (Å²) in [5, 5.41) is 9.93. The van der Waals surface area contributed by atoms with E-state index in [-0.39, 0.29) is 18.1 Å². The molecule has 3 heteroatoms. The number of nitrogens with zero attached hydrogens (tertiary/aromatic N) is 1. The second-order valence-corrected chi connectivity index (χ2v) is 6.39. The quantitative estimate of drug-likeness (QED) is 0.536. The number of Topliss-reactive ketones (excluding diaryl/α,β-unsaturated/α-hetero) is 1. The monoisotopic (exact) mass is 355 g/mol. The molecule has 0 amide bonds. The molecule has 3 rings (SSSR count). The summed E-state index contributed by atoms with van der Waals surface area (Å²) < 4.78 is 5.21. The van der Waals surface area contributed by atoms with E-state index in [2.05, 4.69) is 6.07 Å². The summed E-state index contributed by atoms with van der Waals surface area (Å²) in [6.45, 7) is 0. The van der Waals surface area contributed by atoms with Crippen molar-refractivity contribution in [1.82, 2.24) is 0 Å². The van der Waals surface area contributed by atoms with Crippen molar-refractivity contribution in [3.05, 3.63) is 102 Å². The van der Waals surface area contributed by atoms with Gasteiger partial charge in [-0.15, -0.1) is 0 Å². The molecule has 3 aromatic rings. The Hall–Kier alpha value is -3.38. The normalized spacial score (nSPS) is 12.6. The van der Waals surface area contributed by atoms with Crippen LogP contribution in [0.5, 0.6) is 5.75 Å². The summed E-state index contributed by atoms with van der Waals surface area (Å²) in [6, 6.07) is 28.9. The van der Waals surface area contributed by atoms with Gasteiger partial charge in [-0.1, -0.05) is 72.8 Å². The zero-order chi connectivity index (χ0) is 19.1. The molecule has 0 saturated heterocycles. The molecule has 0 saturated carbocycles. The Labute approximate surface area is 159 Å². The van der Waals surface area contributed by atoms with E-state index in [1.807, 2.05) is 84.9 Å². The maximum absolute atomic E-state index is 12.9. The van der Waals surface area contributed by atoms with Gasteiger partial charge in [0, 0.05) is 17.9 Å². The molecule has 0 spiro atoms. The molecule has 0 aliphatic heterocycles. The number of nitriles is 1. The summed E-state index contributed by atoms with van der Waals surface area (Å²) in [5.74, 6) is 0.133. The molecular formula is C24H21NO2. The van der Waals surface area contributed by atoms with Crippen molar-refractivity contribution in [3.8, 4) is 11.8 Å². The lowest BCUT2D eigenvalue weighted by molar-refractivity contribution is 0.0971. The number of hydrogen-bond acceptors (Lipinski definition) is 3. The average Bonchev–Trinajstić information content (AvgIpc) is 2.75. The Kier molecular flexibility index (Phi) is 6.02. The summed E-state index contributed by atoms with van der Waals surface area (Å²) in [6.07, 6.45) is 0.276. The molecule has 0 aromatic heterocycles. The smallest absolute Gasteiger partial charge is 0.163 e. The standard InChI is InChI=1S/C24H21NO2/c1-27-21-14-12-19(13-15-21)23(17-25)22(18-8-4-2-5-9-18)16-24(26)20-10-6-3-7-11-20/h2-15,22-23H,16H2,1H3. The molecular weight excluding hydrogens is 334 g/mol. The van der Waals surface area contributed by atoms with Gasteiger partial charge in [0.25, 0.3) is 0 Å². The molecule has 27 heavy (non-hydrogen) atoms. The highest BCUT2D eigenvalue weighted by Crippen LogP contribution is 2.36. The van der Waals surface area contributed by atoms with Crippen molar-refractivity contribution >= 4 is 5.78 Å². The number of carbonyl (C=O) groups excluding carboxylic acids is 1. The van der Waals surface area contributed by atoms with Crippen LogP contribution in [0.15, 0.2) is 84.9 Å². The van der Waals surface area contributed by atoms with Crippen LogP contribution in [0.25, 0.3) is 0 Å². The lowest BCUT2D eigenvalue weighted by atomic mass is 9.78. The summed E-state index contributed by atoms with van der Waals surface area (Å²) in [7, 11) is 1.61. The van der Waals surface area contributed by atoms with Crippen LogP contribution in [0.4, 0.5) is 0 Å². The highest BCUT2D eigenvalue weighted by Gasteiger charge is 2.27. The Morgan fingerprint density at radius 3 is 2.04 bits per heavy atom. The molecule has 134 valence electrons. The number of ketones is 1. The summed E-state index contributed by atoms with van der Waals surface area (Å²) in [4.78, 5) is 12.9. The third kappa shape index (κ3) is 4.43. The minimum atomic E-state index is -0.425. The maximum Gasteiger partial charge on any atom is 0.163 e. The van der Waals surface area contributed by atoms with E-state index in [4.69, 9.17) is 4.74 Å². The van der Waals surface area contributed by atoms with Gasteiger partial charge in [0.15, 0.2) is 5.78 Å². The van der Waals surface area contributed by atoms with E-state index < -0.39 is 5.92 Å². The SMILES string of the molecule is COc1ccc(C(C#N)C(CC(=O)c2ccccc2)c2ccccc2)cc1. The summed E-state index contributed by atoms with van der Waals surface area (Å²) >= 11 is 0. The maximum atomic E-state index is 12.9. The predicted molar refractivity (Wildman–Crippen MR) is 106 cm³/mol. The van der Waals surface area contributed by atoms with Crippen LogP contribution in [0.2, 0.25) is 0 Å². The fraction of sp³-hybridized carbons (Fsp3) is 0.167. The van der Waals surface area contributed by atoms with Gasteiger partial charge in [0.2, 0.25) is 0 Å². The van der Waals surface area contributed by atoms with E-state index in [1.165, 1.54) is 0 Å². The highest BCUT2D eigenvalue weighted by molar-refractivity contribution is 5.96. The molecule has 0 N–H and O–H groups in total. The van der Waals surface area contributed by atoms with E-state index in [0.29, 0.717) is 5.56 Å². The number of benzene rings is 3. The predicted octanol–water partition coefficient (Wildman–Crippen LogP) is 5.36. The number of hydrogen-bond donors (Lipinski definition) is 0. The molecule has 0 aliphatic rings. The van der Waals surface area contributed by atoms with E-state index >= 15 is 0 Å². The van der Waals surface area contributed by atoms with Gasteiger partial charge in [0.1, 0.15) is 5.75 Å². The lowest BCUT2D eigenvalue weighted by Crippen LogP contribution is -2.15. The minimum absolute atomic E-state index is 0.0400. The topological polar surface area (TPSA) is 50.1 Å². The average molecular weight is 355 g/mol. The first-order valence-electron chi connectivity index (χ1n) is 8.89. The molecule has 0 fully saturated rings. The van der Waals surface area contributed by atoms with Crippen LogP contribution in [0.1, 0.15) is 39.7 Å². The Bertz CT molecular complexity index is 912. The van der Waals surface area contributed by atoms with Gasteiger partial charge in [-0.3, -0.25) is 4.79 Å². The first-order valence-corrected chi connectivity index (χ1v) is 8.89. The molecule has 0 radical (unpaired) electrons. The van der Waals surface area contributed by atoms with E-state index in [9.17, 15) is 10.1 Å². The van der Waals surface area contributed by atoms with Gasteiger partial charge in [-0.25, -0.2) is 0 Å². The van der Waals surface area contributed by atoms with E-state index in [1.54, 1.807) is 7.11 Å². The Balaban J connectivity index is 1.95. The molecule has 2 unspecified atom stereocenters. The number of rotatable bonds is 7. The van der Waals surface area contributed by atoms with Crippen LogP contribution in [0, 0.1) is 11.3 Å². The van der Waals surface area contributed by atoms with Crippen LogP contribution >= 0.6 is 0 Å². The number of carbonyl (C=O) groups is 1. The number of methoxy groups -OCH3 is 1. The molecule has 2 atom stereocenters. The zero-order valence-corrected chi connectivity index (χ0v) is 15.2. The van der Waals surface area contributed by atoms with Gasteiger partial charge >= 0.3 is 0 Å². The van der Waals surface area contributed by atoms with Crippen molar-refractivity contribution in [2.75, 3.05) is 7.11 Å². The van der Waals surface area contributed by atoms with Crippen LogP contribution in [-0.2, 0) is 0 Å². The lowest BCUT2D eigenvalue weighted by Gasteiger charge is -2.23. The molecule has 0 aliphatic carbocycles. The zero-order valence-electron chi connectivity index (χ0n) is 15.2.